The van der Waals surface area contributed by atoms with Crippen LogP contribution in [0.1, 0.15) is 233 Å². The van der Waals surface area contributed by atoms with Gasteiger partial charge in [0.2, 0.25) is 5.91 Å². The number of fused-ring (bicyclic) bond motifs is 8. The van der Waals surface area contributed by atoms with E-state index >= 15 is 4.79 Å². The summed E-state index contributed by atoms with van der Waals surface area (Å²) in [6.45, 7) is 49.6. The van der Waals surface area contributed by atoms with Crippen molar-refractivity contribution < 1.29 is 104 Å². The van der Waals surface area contributed by atoms with Crippen molar-refractivity contribution in [2.24, 2.45) is 103 Å². The number of carbonyl (C=O) groups is 3. The molecule has 17 unspecified atom stereocenters. The van der Waals surface area contributed by atoms with Gasteiger partial charge in [-0.15, -0.1) is 0 Å². The summed E-state index contributed by atoms with van der Waals surface area (Å²) in [6, 6.07) is 32.1. The van der Waals surface area contributed by atoms with Gasteiger partial charge in [-0.1, -0.05) is 232 Å². The van der Waals surface area contributed by atoms with E-state index in [9.17, 15) is 15.1 Å². The van der Waals surface area contributed by atoms with E-state index in [1.54, 1.807) is 14.0 Å². The van der Waals surface area contributed by atoms with Crippen LogP contribution in [0.4, 0.5) is 0 Å². The van der Waals surface area contributed by atoms with Crippen molar-refractivity contribution in [3.8, 4) is 0 Å². The Morgan fingerprint density at radius 3 is 1.82 bits per heavy atom. The van der Waals surface area contributed by atoms with Crippen LogP contribution in [0.25, 0.3) is 10.4 Å². The maximum absolute atomic E-state index is 16.3. The van der Waals surface area contributed by atoms with Crippen molar-refractivity contribution in [3.63, 3.8) is 0 Å². The van der Waals surface area contributed by atoms with E-state index < -0.39 is 171 Å². The first-order valence-corrected chi connectivity index (χ1v) is 53.7. The summed E-state index contributed by atoms with van der Waals surface area (Å²) in [6.07, 6.45) is -4.11. The number of methoxy groups -OCH3 is 1. The summed E-state index contributed by atoms with van der Waals surface area (Å²) in [5.74, 6) is -1.91. The molecule has 3 aromatic carbocycles. The minimum absolute atomic E-state index is 0.0120. The molecule has 7 saturated heterocycles. The lowest BCUT2D eigenvalue weighted by Crippen LogP contribution is -2.69. The van der Waals surface area contributed by atoms with E-state index in [0.29, 0.717) is 50.9 Å². The van der Waals surface area contributed by atoms with Gasteiger partial charge in [0.15, 0.2) is 57.6 Å². The van der Waals surface area contributed by atoms with Gasteiger partial charge in [-0.3, -0.25) is 9.59 Å². The number of rotatable bonds is 35. The number of hydrogen-bond donors (Lipinski definition) is 1. The summed E-state index contributed by atoms with van der Waals surface area (Å²) < 4.78 is 133. The number of aldehydes is 1. The maximum Gasteiger partial charge on any atom is 0.229 e. The number of Topliss-reactive ketones (excluding diaryl/α,β-unsaturated/α-hetero) is 1. The minimum Gasteiger partial charge on any atom is -0.408 e. The van der Waals surface area contributed by atoms with Gasteiger partial charge in [0.05, 0.1) is 112 Å². The second kappa shape index (κ2) is 42.6. The number of amides is 1. The van der Waals surface area contributed by atoms with E-state index in [1.165, 1.54) is 11.9 Å². The molecule has 12 aliphatic rings. The number of nitrogens with zero attached hydrogens (tertiary/aromatic N) is 3. The zero-order valence-electron chi connectivity index (χ0n) is 84.5. The molecule has 0 aromatic heterocycles. The zero-order valence-corrected chi connectivity index (χ0v) is 85.5. The normalized spacial score (nSPS) is 43.6. The Kier molecular flexibility index (Phi) is 32.9. The quantitative estimate of drug-likeness (QED) is 0.00836. The molecule has 0 bridgehead atoms. The molecule has 5 aliphatic carbocycles. The fourth-order valence-electron chi connectivity index (χ4n) is 27.0. The summed E-state index contributed by atoms with van der Waals surface area (Å²) in [4.78, 5) is 48.8. The Morgan fingerprint density at radius 2 is 1.18 bits per heavy atom. The third-order valence-corrected chi connectivity index (χ3v) is 40.7. The Balaban J connectivity index is 0.669. The smallest absolute Gasteiger partial charge is 0.229 e. The minimum atomic E-state index is -2.26. The number of ketones is 1. The highest BCUT2D eigenvalue weighted by atomic mass is 28.4. The highest BCUT2D eigenvalue weighted by Crippen LogP contribution is 2.76. The average Bonchev–Trinajstić information content (AvgIpc) is 0.715. The standard InChI is InChI=1S/C107H162N4O22Si/c1-24-77-64(7)65(8)89(133-134(25-2,26-3)27-4)97(123-77)130-92-87(127-94-66(9)63(6)62(5)55-120-94)68(11)85(70(13)113)126-98(92)125-82-46-47-103(19)80(104(82,20)61-112)45-48-105(21)81(103)44-43-75-76-53-101(15,16)49-50-107(76,83(115-23)54-106(75,105)22)100(114)109-51-52-117-96-88(67(10)84(110-111-108)78(124-96)59-116-56-72-37-31-28-32-38-72)128-99-93-91(131-102(17,18)132-93)90(71(14)122-99)129-95-69(12)86(119-58-74-41-35-30-36-42-74)79(60-121-95)118-57-73-39-33-29-34-40-73/h28-43,61-69,71,76-99H,24-27,44-60H2,1-23H3,(H,109,114)/t62-,63-,64-,65+,66?,67?,68-,69?,71?,76?,77?,78?,79-,80-,81?,82+,83+,84-,85?,86?,87+,88?,89?,90+,91?,92?,93?,94+,95+,96-,97+,98-,99+,103?,104-,105?,106-,107-/m1/s1. The highest BCUT2D eigenvalue weighted by molar-refractivity contribution is 6.73. The number of carbonyl (C=O) groups excluding carboxylic acids is 3. The third kappa shape index (κ3) is 20.3. The van der Waals surface area contributed by atoms with Crippen molar-refractivity contribution in [2.75, 3.05) is 40.1 Å². The molecule has 3 aromatic rings. The topological polar surface area (TPSA) is 287 Å². The van der Waals surface area contributed by atoms with Gasteiger partial charge in [-0.25, -0.2) is 0 Å². The van der Waals surface area contributed by atoms with Crippen LogP contribution >= 0.6 is 0 Å². The molecule has 26 nitrogen and oxygen atoms in total. The fraction of sp³-hybridized carbons (Fsp3) is 0.785. The zero-order chi connectivity index (χ0) is 95.9. The van der Waals surface area contributed by atoms with Crippen LogP contribution in [-0.4, -0.2) is 208 Å². The summed E-state index contributed by atoms with van der Waals surface area (Å²) in [5.41, 5.74) is 11.6. The first kappa shape index (κ1) is 103. The third-order valence-electron chi connectivity index (χ3n) is 36.1. The molecule has 38 atom stereocenters. The molecule has 27 heteroatoms. The van der Waals surface area contributed by atoms with E-state index in [0.717, 1.165) is 79.8 Å². The number of nitrogens with one attached hydrogen (secondary N) is 1. The van der Waals surface area contributed by atoms with Gasteiger partial charge < -0.3 is 99.8 Å². The molecular weight excluding hydrogens is 1720 g/mol. The van der Waals surface area contributed by atoms with Crippen LogP contribution in [0.2, 0.25) is 18.1 Å². The number of azide groups is 1. The molecule has 15 rings (SSSR count). The molecule has 7 aliphatic heterocycles. The molecule has 0 spiro atoms. The van der Waals surface area contributed by atoms with Crippen molar-refractivity contribution in [3.05, 3.63) is 130 Å². The SMILES string of the molecule is CCC1O[C@@H](OC2[C@H](O[C@H]3CCC4(C)C5CC=C6C7CC(C)(C)CC[C@]7(C(=O)NCCO[C@@H]7OC(COCc8ccccc8)[C@H](N=[N+]=[N-])C(C)C7O[C@@H]7OC(C)[C@H](O[C@@H]8OC[C@@H](OCc9ccccc9)C(OCc9ccccc9)C8C)C8OC(C)(C)OC87)[C@@H](OC)C[C@@]6(C)C5(C)CC[C@H]4[C@@]3(C)C=O)OC(C(C)=O)[C@@H](C)[C@@H]2O[C@@H]2OC[C@@H](C)[C@@H](C)C2C)C(O[Si](CC)(CC)CC)[C@@H](C)[C@H]1C. The second-order valence-corrected chi connectivity index (χ2v) is 49.4. The van der Waals surface area contributed by atoms with Crippen molar-refractivity contribution >= 4 is 26.3 Å². The fourth-order valence-corrected chi connectivity index (χ4v) is 29.9. The largest absolute Gasteiger partial charge is 0.408 e. The van der Waals surface area contributed by atoms with Crippen molar-refractivity contribution in [1.29, 1.82) is 0 Å². The number of hydrogen-bond acceptors (Lipinski definition) is 23. The molecule has 1 N–H and O–H groups in total. The van der Waals surface area contributed by atoms with E-state index in [-0.39, 0.29) is 108 Å². The van der Waals surface area contributed by atoms with Crippen LogP contribution < -0.4 is 5.32 Å². The molecule has 746 valence electrons. The van der Waals surface area contributed by atoms with E-state index in [1.807, 2.05) is 126 Å². The first-order chi connectivity index (χ1) is 63.9. The van der Waals surface area contributed by atoms with Gasteiger partial charge >= 0.3 is 0 Å². The second-order valence-electron chi connectivity index (χ2n) is 44.7. The first-order valence-electron chi connectivity index (χ1n) is 51.2. The van der Waals surface area contributed by atoms with E-state index in [4.69, 9.17) is 89.7 Å². The number of allylic oxidation sites excluding steroid dienone is 2. The van der Waals surface area contributed by atoms with Crippen LogP contribution in [0.5, 0.6) is 0 Å². The maximum atomic E-state index is 16.3. The van der Waals surface area contributed by atoms with E-state index in [2.05, 4.69) is 132 Å². The van der Waals surface area contributed by atoms with Crippen LogP contribution in [-0.2, 0) is 124 Å². The van der Waals surface area contributed by atoms with Gasteiger partial charge in [-0.2, -0.15) is 0 Å². The molecule has 134 heavy (non-hydrogen) atoms. The summed E-state index contributed by atoms with van der Waals surface area (Å²) in [5, 5.41) is 7.87. The lowest BCUT2D eigenvalue weighted by molar-refractivity contribution is -0.376. The predicted molar refractivity (Wildman–Crippen MR) is 508 cm³/mol. The molecule has 0 radical (unpaired) electrons. The lowest BCUT2D eigenvalue weighted by Gasteiger charge is -2.72. The molecular formula is C107H162N4O22Si. The average molecular weight is 1880 g/mol. The number of benzene rings is 3. The Hall–Kier alpha value is -5.02. The Bertz CT molecular complexity index is 4450. The monoisotopic (exact) mass is 1880 g/mol. The van der Waals surface area contributed by atoms with Crippen LogP contribution in [0, 0.1) is 97.6 Å². The van der Waals surface area contributed by atoms with Crippen molar-refractivity contribution in [2.45, 2.75) is 396 Å². The lowest BCUT2D eigenvalue weighted by atomic mass is 9.33. The Morgan fingerprint density at radius 1 is 0.567 bits per heavy atom. The Labute approximate surface area is 799 Å². The van der Waals surface area contributed by atoms with Gasteiger partial charge in [0, 0.05) is 36.3 Å². The summed E-state index contributed by atoms with van der Waals surface area (Å²) >= 11 is 0. The number of ether oxygens (including phenoxy) is 18. The molecule has 1 amide bonds. The van der Waals surface area contributed by atoms with Crippen molar-refractivity contribution in [1.82, 2.24) is 5.32 Å². The molecule has 11 fully saturated rings. The van der Waals surface area contributed by atoms with Gasteiger partial charge in [-0.05, 0) is 201 Å². The van der Waals surface area contributed by atoms with Gasteiger partial charge in [0.25, 0.3) is 0 Å². The van der Waals surface area contributed by atoms with Crippen LogP contribution in [0.3, 0.4) is 0 Å². The molecule has 7 heterocycles. The summed E-state index contributed by atoms with van der Waals surface area (Å²) in [7, 11) is -0.475. The van der Waals surface area contributed by atoms with Gasteiger partial charge in [0.1, 0.15) is 49.0 Å². The van der Waals surface area contributed by atoms with Crippen LogP contribution in [0.15, 0.2) is 108 Å². The highest BCUT2D eigenvalue weighted by Gasteiger charge is 2.73. The predicted octanol–water partition coefficient (Wildman–Crippen LogP) is 19.3. The molecule has 4 saturated carbocycles.